The van der Waals surface area contributed by atoms with Gasteiger partial charge in [0.25, 0.3) is 0 Å². The van der Waals surface area contributed by atoms with Crippen molar-refractivity contribution in [2.24, 2.45) is 5.41 Å². The van der Waals surface area contributed by atoms with Crippen LogP contribution >= 0.6 is 0 Å². The molecule has 20 heavy (non-hydrogen) atoms. The smallest absolute Gasteiger partial charge is 0.311 e. The van der Waals surface area contributed by atoms with E-state index in [9.17, 15) is 9.90 Å². The lowest BCUT2D eigenvalue weighted by molar-refractivity contribution is -0.150. The zero-order valence-corrected chi connectivity index (χ0v) is 11.7. The van der Waals surface area contributed by atoms with Gasteiger partial charge in [-0.1, -0.05) is 13.3 Å². The SMILES string of the molecule is CCCC1(C(=O)O)CCCN(c2ccnc(C#N)c2)C1. The summed E-state index contributed by atoms with van der Waals surface area (Å²) in [7, 11) is 0. The average Bonchev–Trinajstić information content (AvgIpc) is 2.48. The van der Waals surface area contributed by atoms with E-state index in [1.165, 1.54) is 0 Å². The minimum Gasteiger partial charge on any atom is -0.481 e. The second-order valence-electron chi connectivity index (χ2n) is 5.37. The molecule has 1 unspecified atom stereocenters. The van der Waals surface area contributed by atoms with Crippen molar-refractivity contribution < 1.29 is 9.90 Å². The van der Waals surface area contributed by atoms with Gasteiger partial charge in [-0.2, -0.15) is 5.26 Å². The van der Waals surface area contributed by atoms with E-state index in [1.807, 2.05) is 19.1 Å². The standard InChI is InChI=1S/C15H19N3O2/c1-2-5-15(14(19)20)6-3-8-18(11-15)13-4-7-17-12(9-13)10-16/h4,7,9H,2-3,5-6,8,11H2,1H3,(H,19,20). The molecule has 0 radical (unpaired) electrons. The number of hydrogen-bond donors (Lipinski definition) is 1. The highest BCUT2D eigenvalue weighted by Gasteiger charge is 2.41. The first-order valence-electron chi connectivity index (χ1n) is 6.96. The van der Waals surface area contributed by atoms with Crippen LogP contribution in [0.2, 0.25) is 0 Å². The number of nitrogens with zero attached hydrogens (tertiary/aromatic N) is 3. The molecule has 1 aromatic rings. The van der Waals surface area contributed by atoms with Gasteiger partial charge in [0.05, 0.1) is 5.41 Å². The van der Waals surface area contributed by atoms with Crippen LogP contribution < -0.4 is 4.90 Å². The Morgan fingerprint density at radius 1 is 1.65 bits per heavy atom. The monoisotopic (exact) mass is 273 g/mol. The molecule has 5 heteroatoms. The number of anilines is 1. The number of rotatable bonds is 4. The first kappa shape index (κ1) is 14.3. The molecule has 106 valence electrons. The normalized spacial score (nSPS) is 22.3. The van der Waals surface area contributed by atoms with Crippen molar-refractivity contribution >= 4 is 11.7 Å². The van der Waals surface area contributed by atoms with Crippen LogP contribution in [0.5, 0.6) is 0 Å². The maximum Gasteiger partial charge on any atom is 0.311 e. The van der Waals surface area contributed by atoms with Crippen LogP contribution in [0.4, 0.5) is 5.69 Å². The summed E-state index contributed by atoms with van der Waals surface area (Å²) in [5, 5.41) is 18.5. The zero-order valence-electron chi connectivity index (χ0n) is 11.7. The average molecular weight is 273 g/mol. The maximum absolute atomic E-state index is 11.7. The Labute approximate surface area is 118 Å². The van der Waals surface area contributed by atoms with E-state index in [4.69, 9.17) is 5.26 Å². The lowest BCUT2D eigenvalue weighted by Gasteiger charge is -2.41. The molecule has 5 nitrogen and oxygen atoms in total. The number of carboxylic acid groups (broad SMARTS) is 1. The fraction of sp³-hybridized carbons (Fsp3) is 0.533. The molecule has 1 aliphatic heterocycles. The first-order valence-corrected chi connectivity index (χ1v) is 6.96. The minimum absolute atomic E-state index is 0.365. The molecule has 0 amide bonds. The molecule has 2 rings (SSSR count). The molecule has 0 aliphatic carbocycles. The Kier molecular flexibility index (Phi) is 4.23. The van der Waals surface area contributed by atoms with Crippen molar-refractivity contribution in [1.82, 2.24) is 4.98 Å². The van der Waals surface area contributed by atoms with Crippen LogP contribution in [-0.4, -0.2) is 29.1 Å². The Morgan fingerprint density at radius 2 is 2.45 bits per heavy atom. The summed E-state index contributed by atoms with van der Waals surface area (Å²) in [6.07, 6.45) is 4.74. The highest BCUT2D eigenvalue weighted by atomic mass is 16.4. The van der Waals surface area contributed by atoms with Crippen LogP contribution in [0.15, 0.2) is 18.3 Å². The summed E-state index contributed by atoms with van der Waals surface area (Å²) in [4.78, 5) is 17.7. The van der Waals surface area contributed by atoms with E-state index in [1.54, 1.807) is 12.3 Å². The molecule has 0 aromatic carbocycles. The maximum atomic E-state index is 11.7. The molecular weight excluding hydrogens is 254 g/mol. The number of aliphatic carboxylic acids is 1. The molecule has 1 aromatic heterocycles. The van der Waals surface area contributed by atoms with Crippen molar-refractivity contribution in [3.63, 3.8) is 0 Å². The second kappa shape index (κ2) is 5.91. The van der Waals surface area contributed by atoms with Crippen molar-refractivity contribution in [2.45, 2.75) is 32.6 Å². The molecule has 0 saturated carbocycles. The first-order chi connectivity index (χ1) is 9.61. The van der Waals surface area contributed by atoms with Gasteiger partial charge in [0.2, 0.25) is 0 Å². The Balaban J connectivity index is 2.25. The molecule has 0 bridgehead atoms. The van der Waals surface area contributed by atoms with Gasteiger partial charge in [-0.25, -0.2) is 4.98 Å². The van der Waals surface area contributed by atoms with E-state index in [2.05, 4.69) is 9.88 Å². The topological polar surface area (TPSA) is 77.2 Å². The van der Waals surface area contributed by atoms with Crippen LogP contribution in [-0.2, 0) is 4.79 Å². The minimum atomic E-state index is -0.710. The van der Waals surface area contributed by atoms with Gasteiger partial charge >= 0.3 is 5.97 Å². The van der Waals surface area contributed by atoms with Crippen molar-refractivity contribution in [1.29, 1.82) is 5.26 Å². The Hall–Kier alpha value is -2.09. The Bertz CT molecular complexity index is 534. The van der Waals surface area contributed by atoms with Crippen molar-refractivity contribution in [3.05, 3.63) is 24.0 Å². The molecule has 1 fully saturated rings. The zero-order chi connectivity index (χ0) is 14.6. The van der Waals surface area contributed by atoms with Gasteiger partial charge in [0.1, 0.15) is 11.8 Å². The predicted octanol–water partition coefficient (Wildman–Crippen LogP) is 2.42. The third-order valence-corrected chi connectivity index (χ3v) is 3.98. The number of carbonyl (C=O) groups is 1. The number of hydrogen-bond acceptors (Lipinski definition) is 4. The lowest BCUT2D eigenvalue weighted by atomic mass is 9.76. The molecule has 1 N–H and O–H groups in total. The van der Waals surface area contributed by atoms with Gasteiger partial charge in [0.15, 0.2) is 0 Å². The summed E-state index contributed by atoms with van der Waals surface area (Å²) >= 11 is 0. The number of carboxylic acids is 1. The number of piperidine rings is 1. The van der Waals surface area contributed by atoms with Gasteiger partial charge in [-0.15, -0.1) is 0 Å². The summed E-state index contributed by atoms with van der Waals surface area (Å²) in [6, 6.07) is 5.59. The van der Waals surface area contributed by atoms with E-state index >= 15 is 0 Å². The quantitative estimate of drug-likeness (QED) is 0.911. The third kappa shape index (κ3) is 2.74. The van der Waals surface area contributed by atoms with E-state index in [0.717, 1.165) is 31.5 Å². The molecule has 1 saturated heterocycles. The van der Waals surface area contributed by atoms with Gasteiger partial charge in [0, 0.05) is 25.0 Å². The lowest BCUT2D eigenvalue weighted by Crippen LogP contribution is -2.48. The number of nitriles is 1. The van der Waals surface area contributed by atoms with Gasteiger partial charge in [-0.05, 0) is 31.4 Å². The highest BCUT2D eigenvalue weighted by molar-refractivity contribution is 5.76. The van der Waals surface area contributed by atoms with E-state index in [0.29, 0.717) is 18.7 Å². The number of pyridine rings is 1. The molecule has 0 spiro atoms. The predicted molar refractivity (Wildman–Crippen MR) is 75.4 cm³/mol. The summed E-state index contributed by atoms with van der Waals surface area (Å²) < 4.78 is 0. The largest absolute Gasteiger partial charge is 0.481 e. The molecule has 2 heterocycles. The van der Waals surface area contributed by atoms with Crippen LogP contribution in [0.1, 0.15) is 38.3 Å². The summed E-state index contributed by atoms with van der Waals surface area (Å²) in [5.41, 5.74) is 0.589. The fourth-order valence-electron chi connectivity index (χ4n) is 2.99. The second-order valence-corrected chi connectivity index (χ2v) is 5.37. The fourth-order valence-corrected chi connectivity index (χ4v) is 2.99. The Morgan fingerprint density at radius 3 is 3.10 bits per heavy atom. The van der Waals surface area contributed by atoms with Crippen LogP contribution in [0.3, 0.4) is 0 Å². The van der Waals surface area contributed by atoms with E-state index in [-0.39, 0.29) is 0 Å². The van der Waals surface area contributed by atoms with Crippen LogP contribution in [0, 0.1) is 16.7 Å². The molecule has 1 atom stereocenters. The highest BCUT2D eigenvalue weighted by Crippen LogP contribution is 2.36. The van der Waals surface area contributed by atoms with Crippen LogP contribution in [0.25, 0.3) is 0 Å². The molecular formula is C15H19N3O2. The summed E-state index contributed by atoms with van der Waals surface area (Å²) in [6.45, 7) is 3.35. The van der Waals surface area contributed by atoms with Crippen molar-refractivity contribution in [3.8, 4) is 6.07 Å². The third-order valence-electron chi connectivity index (χ3n) is 3.98. The van der Waals surface area contributed by atoms with Crippen molar-refractivity contribution in [2.75, 3.05) is 18.0 Å². The summed E-state index contributed by atoms with van der Waals surface area (Å²) in [5.74, 6) is -0.710. The van der Waals surface area contributed by atoms with E-state index < -0.39 is 11.4 Å². The van der Waals surface area contributed by atoms with Gasteiger partial charge in [-0.3, -0.25) is 4.79 Å². The number of aromatic nitrogens is 1. The van der Waals surface area contributed by atoms with Gasteiger partial charge < -0.3 is 10.0 Å². The molecule has 1 aliphatic rings.